The van der Waals surface area contributed by atoms with E-state index in [2.05, 4.69) is 30.2 Å². The molecule has 1 unspecified atom stereocenters. The number of rotatable bonds is 5. The van der Waals surface area contributed by atoms with Crippen molar-refractivity contribution in [3.05, 3.63) is 30.4 Å². The molecule has 1 atom stereocenters. The summed E-state index contributed by atoms with van der Waals surface area (Å²) in [6.45, 7) is 2.21. The number of imidazole rings is 1. The van der Waals surface area contributed by atoms with Gasteiger partial charge in [0.15, 0.2) is 0 Å². The number of hydrogen-bond acceptors (Lipinski definition) is 7. The van der Waals surface area contributed by atoms with Crippen LogP contribution in [0.4, 0.5) is 30.8 Å². The maximum atomic E-state index is 13.3. The van der Waals surface area contributed by atoms with Crippen LogP contribution in [0.25, 0.3) is 11.0 Å². The molecule has 0 saturated carbocycles. The van der Waals surface area contributed by atoms with E-state index in [-0.39, 0.29) is 16.9 Å². The molecule has 3 aromatic rings. The third-order valence-corrected chi connectivity index (χ3v) is 5.19. The van der Waals surface area contributed by atoms with Crippen LogP contribution in [0.15, 0.2) is 24.5 Å². The zero-order chi connectivity index (χ0) is 21.3. The molecule has 4 rings (SSSR count). The van der Waals surface area contributed by atoms with Gasteiger partial charge in [-0.25, -0.2) is 15.0 Å². The normalized spacial score (nSPS) is 16.1. The Kier molecular flexibility index (Phi) is 5.46. The minimum absolute atomic E-state index is 0.0665. The summed E-state index contributed by atoms with van der Waals surface area (Å²) in [5.74, 6) is 1.36. The fourth-order valence-corrected chi connectivity index (χ4v) is 3.60. The van der Waals surface area contributed by atoms with Crippen molar-refractivity contribution in [3.8, 4) is 0 Å². The van der Waals surface area contributed by atoms with Crippen molar-refractivity contribution in [1.82, 2.24) is 24.5 Å². The summed E-state index contributed by atoms with van der Waals surface area (Å²) in [4.78, 5) is 19.3. The lowest BCUT2D eigenvalue weighted by Crippen LogP contribution is -2.31. The zero-order valence-electron chi connectivity index (χ0n) is 16.4. The molecular weight excluding hydrogens is 399 g/mol. The number of nitrogens with zero attached hydrogens (tertiary/aromatic N) is 6. The van der Waals surface area contributed by atoms with E-state index in [1.807, 2.05) is 0 Å². The van der Waals surface area contributed by atoms with Gasteiger partial charge in [0.25, 0.3) is 0 Å². The molecule has 0 aliphatic carbocycles. The predicted molar refractivity (Wildman–Crippen MR) is 106 cm³/mol. The van der Waals surface area contributed by atoms with Gasteiger partial charge in [-0.15, -0.1) is 0 Å². The number of halogens is 3. The van der Waals surface area contributed by atoms with Crippen LogP contribution in [-0.4, -0.2) is 48.9 Å². The Morgan fingerprint density at radius 1 is 1.13 bits per heavy atom. The van der Waals surface area contributed by atoms with Crippen molar-refractivity contribution >= 4 is 28.6 Å². The molecule has 1 aliphatic rings. The zero-order valence-corrected chi connectivity index (χ0v) is 16.4. The number of hydrogen-bond donors (Lipinski definition) is 2. The van der Waals surface area contributed by atoms with Gasteiger partial charge in [0.2, 0.25) is 5.95 Å². The number of aromatic nitrogens is 5. The fourth-order valence-electron chi connectivity index (χ4n) is 3.60. The fraction of sp³-hybridized carbons (Fsp3) is 0.474. The summed E-state index contributed by atoms with van der Waals surface area (Å²) in [5.41, 5.74) is 0.504. The lowest BCUT2D eigenvalue weighted by atomic mass is 10.1. The van der Waals surface area contributed by atoms with E-state index in [0.29, 0.717) is 17.6 Å². The summed E-state index contributed by atoms with van der Waals surface area (Å²) in [5, 5.41) is 12.5. The molecule has 0 spiro atoms. The van der Waals surface area contributed by atoms with E-state index in [0.717, 1.165) is 37.4 Å². The van der Waals surface area contributed by atoms with E-state index < -0.39 is 18.8 Å². The maximum absolute atomic E-state index is 13.3. The molecule has 2 N–H and O–H groups in total. The molecule has 8 nitrogen and oxygen atoms in total. The largest absolute Gasteiger partial charge is 0.408 e. The lowest BCUT2D eigenvalue weighted by Gasteiger charge is -2.26. The molecule has 30 heavy (non-hydrogen) atoms. The van der Waals surface area contributed by atoms with Gasteiger partial charge in [-0.3, -0.25) is 0 Å². The minimum Gasteiger partial charge on any atom is -0.388 e. The van der Waals surface area contributed by atoms with Crippen LogP contribution in [0.5, 0.6) is 0 Å². The summed E-state index contributed by atoms with van der Waals surface area (Å²) in [6, 6.07) is 1.31. The Morgan fingerprint density at radius 2 is 1.90 bits per heavy atom. The van der Waals surface area contributed by atoms with Gasteiger partial charge in [0, 0.05) is 25.4 Å². The standard InChI is InChI=1S/C19H22F3N7O/c1-12(19(20,21)22)29-14-9-16(24-10-13(14)25-17(29)11-30)26-15-5-6-23-18(27-15)28-7-3-2-4-8-28/h5-6,9-10,12,30H,2-4,7-8,11H2,1H3,(H,23,24,26,27). The predicted octanol–water partition coefficient (Wildman–Crippen LogP) is 3.57. The van der Waals surface area contributed by atoms with Gasteiger partial charge in [-0.2, -0.15) is 18.2 Å². The molecule has 0 bridgehead atoms. The number of piperidine rings is 1. The highest BCUT2D eigenvalue weighted by Crippen LogP contribution is 2.34. The number of anilines is 3. The molecule has 0 aromatic carbocycles. The first-order chi connectivity index (χ1) is 14.4. The van der Waals surface area contributed by atoms with Crippen LogP contribution in [0.3, 0.4) is 0 Å². The number of aliphatic hydroxyl groups is 1. The SMILES string of the molecule is CC(n1c(CO)nc2cnc(Nc3ccnc(N4CCCCC4)n3)cc21)C(F)(F)F. The smallest absolute Gasteiger partial charge is 0.388 e. The first-order valence-electron chi connectivity index (χ1n) is 9.76. The van der Waals surface area contributed by atoms with Gasteiger partial charge in [0.1, 0.15) is 35.6 Å². The van der Waals surface area contributed by atoms with Gasteiger partial charge in [-0.1, -0.05) is 0 Å². The number of nitrogens with one attached hydrogen (secondary N) is 1. The molecule has 0 radical (unpaired) electrons. The van der Waals surface area contributed by atoms with Crippen molar-refractivity contribution in [2.24, 2.45) is 0 Å². The summed E-state index contributed by atoms with van der Waals surface area (Å²) in [6.07, 6.45) is 1.91. The van der Waals surface area contributed by atoms with E-state index in [4.69, 9.17) is 0 Å². The molecule has 3 aromatic heterocycles. The Bertz CT molecular complexity index is 1030. The summed E-state index contributed by atoms with van der Waals surface area (Å²) in [7, 11) is 0. The van der Waals surface area contributed by atoms with E-state index >= 15 is 0 Å². The second-order valence-corrected chi connectivity index (χ2v) is 7.25. The average Bonchev–Trinajstić information content (AvgIpc) is 3.11. The molecule has 4 heterocycles. The van der Waals surface area contributed by atoms with Crippen LogP contribution >= 0.6 is 0 Å². The van der Waals surface area contributed by atoms with Gasteiger partial charge in [-0.05, 0) is 32.3 Å². The summed E-state index contributed by atoms with van der Waals surface area (Å²) >= 11 is 0. The molecular formula is C19H22F3N7O. The van der Waals surface area contributed by atoms with Crippen molar-refractivity contribution in [1.29, 1.82) is 0 Å². The Balaban J connectivity index is 1.65. The van der Waals surface area contributed by atoms with Crippen LogP contribution in [0.2, 0.25) is 0 Å². The van der Waals surface area contributed by atoms with E-state index in [9.17, 15) is 18.3 Å². The van der Waals surface area contributed by atoms with Crippen molar-refractivity contribution in [2.75, 3.05) is 23.3 Å². The molecule has 1 aliphatic heterocycles. The third-order valence-electron chi connectivity index (χ3n) is 5.19. The topological polar surface area (TPSA) is 92.0 Å². The highest BCUT2D eigenvalue weighted by Gasteiger charge is 2.39. The Hall–Kier alpha value is -2.95. The van der Waals surface area contributed by atoms with Crippen molar-refractivity contribution < 1.29 is 18.3 Å². The number of pyridine rings is 1. The second-order valence-electron chi connectivity index (χ2n) is 7.25. The highest BCUT2D eigenvalue weighted by atomic mass is 19.4. The monoisotopic (exact) mass is 421 g/mol. The lowest BCUT2D eigenvalue weighted by molar-refractivity contribution is -0.162. The quantitative estimate of drug-likeness (QED) is 0.651. The number of alkyl halides is 3. The molecule has 1 saturated heterocycles. The van der Waals surface area contributed by atoms with Crippen LogP contribution in [-0.2, 0) is 6.61 Å². The van der Waals surface area contributed by atoms with Crippen LogP contribution in [0, 0.1) is 0 Å². The second kappa shape index (κ2) is 8.05. The molecule has 11 heteroatoms. The van der Waals surface area contributed by atoms with E-state index in [1.165, 1.54) is 18.7 Å². The Morgan fingerprint density at radius 3 is 2.60 bits per heavy atom. The molecule has 160 valence electrons. The van der Waals surface area contributed by atoms with Crippen LogP contribution in [0.1, 0.15) is 38.1 Å². The minimum atomic E-state index is -4.48. The van der Waals surface area contributed by atoms with Gasteiger partial charge < -0.3 is 19.9 Å². The van der Waals surface area contributed by atoms with E-state index in [1.54, 1.807) is 12.3 Å². The molecule has 1 fully saturated rings. The van der Waals surface area contributed by atoms with Gasteiger partial charge >= 0.3 is 6.18 Å². The first-order valence-corrected chi connectivity index (χ1v) is 9.76. The van der Waals surface area contributed by atoms with Crippen molar-refractivity contribution in [2.45, 2.75) is 45.0 Å². The number of fused-ring (bicyclic) bond motifs is 1. The first kappa shape index (κ1) is 20.3. The van der Waals surface area contributed by atoms with Gasteiger partial charge in [0.05, 0.1) is 11.7 Å². The molecule has 0 amide bonds. The average molecular weight is 421 g/mol. The van der Waals surface area contributed by atoms with Crippen LogP contribution < -0.4 is 10.2 Å². The maximum Gasteiger partial charge on any atom is 0.408 e. The van der Waals surface area contributed by atoms with Crippen molar-refractivity contribution in [3.63, 3.8) is 0 Å². The third kappa shape index (κ3) is 4.02. The Labute approximate surface area is 170 Å². The highest BCUT2D eigenvalue weighted by molar-refractivity contribution is 5.79. The summed E-state index contributed by atoms with van der Waals surface area (Å²) < 4.78 is 41.0. The number of aliphatic hydroxyl groups excluding tert-OH is 1.